The van der Waals surface area contributed by atoms with Crippen LogP contribution < -0.4 is 5.32 Å². The van der Waals surface area contributed by atoms with Gasteiger partial charge in [-0.25, -0.2) is 9.18 Å². The van der Waals surface area contributed by atoms with Crippen LogP contribution in [0.3, 0.4) is 0 Å². The molecule has 0 aromatic heterocycles. The number of halogens is 1. The Morgan fingerprint density at radius 2 is 2.19 bits per heavy atom. The van der Waals surface area contributed by atoms with E-state index < -0.39 is 22.4 Å². The van der Waals surface area contributed by atoms with Gasteiger partial charge < -0.3 is 10.1 Å². The lowest BCUT2D eigenvalue weighted by Gasteiger charge is -2.05. The highest BCUT2D eigenvalue weighted by atomic mass is 19.1. The highest BCUT2D eigenvalue weighted by Gasteiger charge is 2.23. The Labute approximate surface area is 90.2 Å². The molecule has 6 nitrogen and oxygen atoms in total. The van der Waals surface area contributed by atoms with Crippen molar-refractivity contribution in [1.29, 1.82) is 0 Å². The number of benzene rings is 1. The zero-order valence-corrected chi connectivity index (χ0v) is 8.61. The molecule has 1 aromatic carbocycles. The number of carbonyl (C=O) groups is 1. The molecule has 0 aliphatic heterocycles. The number of carbonyl (C=O) groups excluding carboxylic acids is 1. The molecule has 0 bridgehead atoms. The van der Waals surface area contributed by atoms with Crippen LogP contribution in [0.5, 0.6) is 0 Å². The Bertz CT molecular complexity index is 447. The van der Waals surface area contributed by atoms with E-state index >= 15 is 0 Å². The summed E-state index contributed by atoms with van der Waals surface area (Å²) >= 11 is 0. The molecule has 0 saturated heterocycles. The van der Waals surface area contributed by atoms with E-state index in [-0.39, 0.29) is 11.3 Å². The van der Waals surface area contributed by atoms with Gasteiger partial charge in [-0.05, 0) is 6.07 Å². The minimum absolute atomic E-state index is 0.00833. The molecule has 0 atom stereocenters. The van der Waals surface area contributed by atoms with Gasteiger partial charge in [0.2, 0.25) is 0 Å². The summed E-state index contributed by atoms with van der Waals surface area (Å²) in [6, 6.07) is 1.72. The van der Waals surface area contributed by atoms with E-state index in [0.717, 1.165) is 13.2 Å². The molecule has 0 spiro atoms. The molecular weight excluding hydrogens is 219 g/mol. The highest BCUT2D eigenvalue weighted by molar-refractivity contribution is 5.95. The quantitative estimate of drug-likeness (QED) is 0.482. The third-order valence-electron chi connectivity index (χ3n) is 1.96. The van der Waals surface area contributed by atoms with Gasteiger partial charge in [-0.15, -0.1) is 0 Å². The molecule has 7 heteroatoms. The van der Waals surface area contributed by atoms with Crippen molar-refractivity contribution >= 4 is 17.3 Å². The summed E-state index contributed by atoms with van der Waals surface area (Å²) in [6.45, 7) is 0. The predicted octanol–water partition coefficient (Wildman–Crippen LogP) is 1.56. The standard InChI is InChI=1S/C9H9FN2O4/c1-11-7-3-5(9(13)16-2)8(12(14)15)4-6(7)10/h3-4,11H,1-2H3. The van der Waals surface area contributed by atoms with E-state index in [1.807, 2.05) is 0 Å². The lowest BCUT2D eigenvalue weighted by Crippen LogP contribution is -2.07. The zero-order valence-electron chi connectivity index (χ0n) is 8.61. The molecule has 0 unspecified atom stereocenters. The lowest BCUT2D eigenvalue weighted by atomic mass is 10.1. The average Bonchev–Trinajstić information content (AvgIpc) is 2.27. The molecule has 86 valence electrons. The van der Waals surface area contributed by atoms with Crippen molar-refractivity contribution in [2.24, 2.45) is 0 Å². The minimum Gasteiger partial charge on any atom is -0.465 e. The molecule has 16 heavy (non-hydrogen) atoms. The van der Waals surface area contributed by atoms with Gasteiger partial charge in [-0.3, -0.25) is 10.1 Å². The Kier molecular flexibility index (Phi) is 3.39. The number of ether oxygens (including phenoxy) is 1. The molecular formula is C9H9FN2O4. The monoisotopic (exact) mass is 228 g/mol. The van der Waals surface area contributed by atoms with Gasteiger partial charge in [0.05, 0.1) is 23.8 Å². The fraction of sp³-hybridized carbons (Fsp3) is 0.222. The second kappa shape index (κ2) is 4.56. The number of nitrogens with zero attached hydrogens (tertiary/aromatic N) is 1. The molecule has 0 aliphatic rings. The van der Waals surface area contributed by atoms with Gasteiger partial charge in [0.15, 0.2) is 5.82 Å². The van der Waals surface area contributed by atoms with Crippen LogP contribution in [0.15, 0.2) is 12.1 Å². The number of nitro benzene ring substituents is 1. The third-order valence-corrected chi connectivity index (χ3v) is 1.96. The summed E-state index contributed by atoms with van der Waals surface area (Å²) in [6.07, 6.45) is 0. The van der Waals surface area contributed by atoms with Crippen LogP contribution in [0.4, 0.5) is 15.8 Å². The number of hydrogen-bond acceptors (Lipinski definition) is 5. The molecule has 0 fully saturated rings. The van der Waals surface area contributed by atoms with Gasteiger partial charge in [0.1, 0.15) is 5.56 Å². The van der Waals surface area contributed by atoms with Crippen LogP contribution in [0, 0.1) is 15.9 Å². The summed E-state index contributed by atoms with van der Waals surface area (Å²) < 4.78 is 17.6. The summed E-state index contributed by atoms with van der Waals surface area (Å²) in [5.41, 5.74) is -0.924. The topological polar surface area (TPSA) is 81.5 Å². The Morgan fingerprint density at radius 1 is 1.56 bits per heavy atom. The Morgan fingerprint density at radius 3 is 2.62 bits per heavy atom. The van der Waals surface area contributed by atoms with E-state index in [2.05, 4.69) is 10.1 Å². The number of nitro groups is 1. The number of esters is 1. The Hall–Kier alpha value is -2.18. The molecule has 1 aromatic rings. The van der Waals surface area contributed by atoms with Crippen LogP contribution in [-0.2, 0) is 4.74 Å². The second-order valence-corrected chi connectivity index (χ2v) is 2.85. The van der Waals surface area contributed by atoms with Crippen molar-refractivity contribution in [1.82, 2.24) is 0 Å². The summed E-state index contributed by atoms with van der Waals surface area (Å²) in [5.74, 6) is -1.69. The first-order chi connectivity index (χ1) is 7.51. The second-order valence-electron chi connectivity index (χ2n) is 2.85. The molecule has 0 heterocycles. The molecule has 1 N–H and O–H groups in total. The van der Waals surface area contributed by atoms with E-state index in [0.29, 0.717) is 6.07 Å². The van der Waals surface area contributed by atoms with Crippen LogP contribution in [0.2, 0.25) is 0 Å². The number of methoxy groups -OCH3 is 1. The van der Waals surface area contributed by atoms with Crippen molar-refractivity contribution < 1.29 is 18.8 Å². The molecule has 1 rings (SSSR count). The molecule has 0 radical (unpaired) electrons. The third kappa shape index (κ3) is 2.08. The number of rotatable bonds is 3. The van der Waals surface area contributed by atoms with E-state index in [1.54, 1.807) is 0 Å². The summed E-state index contributed by atoms with van der Waals surface area (Å²) in [7, 11) is 2.53. The molecule has 0 aliphatic carbocycles. The first-order valence-electron chi connectivity index (χ1n) is 4.25. The molecule has 0 saturated carbocycles. The van der Waals surface area contributed by atoms with Crippen LogP contribution >= 0.6 is 0 Å². The van der Waals surface area contributed by atoms with Gasteiger partial charge in [0.25, 0.3) is 5.69 Å². The van der Waals surface area contributed by atoms with Gasteiger partial charge in [-0.1, -0.05) is 0 Å². The predicted molar refractivity (Wildman–Crippen MR) is 53.9 cm³/mol. The van der Waals surface area contributed by atoms with Crippen LogP contribution in [0.1, 0.15) is 10.4 Å². The van der Waals surface area contributed by atoms with E-state index in [4.69, 9.17) is 0 Å². The zero-order chi connectivity index (χ0) is 12.3. The number of anilines is 1. The largest absolute Gasteiger partial charge is 0.465 e. The lowest BCUT2D eigenvalue weighted by molar-refractivity contribution is -0.385. The van der Waals surface area contributed by atoms with Crippen molar-refractivity contribution in [2.45, 2.75) is 0 Å². The highest BCUT2D eigenvalue weighted by Crippen LogP contribution is 2.26. The minimum atomic E-state index is -0.886. The maximum absolute atomic E-state index is 13.2. The SMILES string of the molecule is CNc1cc(C(=O)OC)c([N+](=O)[O-])cc1F. The fourth-order valence-corrected chi connectivity index (χ4v) is 1.18. The van der Waals surface area contributed by atoms with Crippen molar-refractivity contribution in [2.75, 3.05) is 19.5 Å². The maximum Gasteiger partial charge on any atom is 0.344 e. The fourth-order valence-electron chi connectivity index (χ4n) is 1.18. The Balaban J connectivity index is 3.42. The van der Waals surface area contributed by atoms with E-state index in [9.17, 15) is 19.3 Å². The smallest absolute Gasteiger partial charge is 0.344 e. The van der Waals surface area contributed by atoms with Crippen molar-refractivity contribution in [3.63, 3.8) is 0 Å². The van der Waals surface area contributed by atoms with E-state index in [1.165, 1.54) is 7.05 Å². The van der Waals surface area contributed by atoms with Gasteiger partial charge in [0, 0.05) is 7.05 Å². The summed E-state index contributed by atoms with van der Waals surface area (Å²) in [4.78, 5) is 21.0. The maximum atomic E-state index is 13.2. The van der Waals surface area contributed by atoms with Crippen molar-refractivity contribution in [3.8, 4) is 0 Å². The summed E-state index contributed by atoms with van der Waals surface area (Å²) in [5, 5.41) is 13.1. The van der Waals surface area contributed by atoms with Gasteiger partial charge >= 0.3 is 5.97 Å². The van der Waals surface area contributed by atoms with Crippen molar-refractivity contribution in [3.05, 3.63) is 33.6 Å². The number of hydrogen-bond donors (Lipinski definition) is 1. The first kappa shape index (κ1) is 11.9. The molecule has 0 amide bonds. The normalized spacial score (nSPS) is 9.69. The average molecular weight is 228 g/mol. The van der Waals surface area contributed by atoms with Crippen LogP contribution in [-0.4, -0.2) is 25.1 Å². The number of nitrogens with one attached hydrogen (secondary N) is 1. The first-order valence-corrected chi connectivity index (χ1v) is 4.25. The van der Waals surface area contributed by atoms with Crippen LogP contribution in [0.25, 0.3) is 0 Å². The van der Waals surface area contributed by atoms with Gasteiger partial charge in [-0.2, -0.15) is 0 Å².